The van der Waals surface area contributed by atoms with Gasteiger partial charge in [0, 0.05) is 30.0 Å². The van der Waals surface area contributed by atoms with Crippen LogP contribution in [0.15, 0.2) is 47.6 Å². The molecule has 0 aliphatic rings. The standard InChI is InChI=1S/C21H25N5OS/c1-15-13-19(18-8-5-4-6-9-18)24-21(23-15)28-14-20(27)22-10-7-11-26-17(3)12-16(2)25-26/h4-6,8-9,12-13H,7,10-11,14H2,1-3H3,(H,22,27). The molecule has 0 bridgehead atoms. The van der Waals surface area contributed by atoms with E-state index >= 15 is 0 Å². The first-order valence-corrected chi connectivity index (χ1v) is 10.3. The lowest BCUT2D eigenvalue weighted by atomic mass is 10.1. The lowest BCUT2D eigenvalue weighted by Crippen LogP contribution is -2.27. The number of benzene rings is 1. The van der Waals surface area contributed by atoms with Gasteiger partial charge in [0.1, 0.15) is 0 Å². The maximum atomic E-state index is 12.1. The van der Waals surface area contributed by atoms with E-state index in [1.54, 1.807) is 0 Å². The van der Waals surface area contributed by atoms with E-state index in [-0.39, 0.29) is 5.91 Å². The number of thioether (sulfide) groups is 1. The second-order valence-corrected chi connectivity index (χ2v) is 7.63. The van der Waals surface area contributed by atoms with Crippen molar-refractivity contribution in [2.24, 2.45) is 0 Å². The molecule has 0 radical (unpaired) electrons. The molecule has 0 unspecified atom stereocenters. The molecule has 2 aromatic heterocycles. The van der Waals surface area contributed by atoms with Gasteiger partial charge in [-0.3, -0.25) is 9.48 Å². The Balaban J connectivity index is 1.46. The van der Waals surface area contributed by atoms with Crippen molar-refractivity contribution in [2.75, 3.05) is 12.3 Å². The van der Waals surface area contributed by atoms with Gasteiger partial charge in [0.15, 0.2) is 5.16 Å². The van der Waals surface area contributed by atoms with Crippen LogP contribution < -0.4 is 5.32 Å². The topological polar surface area (TPSA) is 72.7 Å². The van der Waals surface area contributed by atoms with Gasteiger partial charge in [-0.25, -0.2) is 9.97 Å². The lowest BCUT2D eigenvalue weighted by molar-refractivity contribution is -0.118. The van der Waals surface area contributed by atoms with Crippen LogP contribution in [-0.2, 0) is 11.3 Å². The Morgan fingerprint density at radius 1 is 1.07 bits per heavy atom. The molecule has 6 nitrogen and oxygen atoms in total. The number of hydrogen-bond acceptors (Lipinski definition) is 5. The third-order valence-corrected chi connectivity index (χ3v) is 5.06. The van der Waals surface area contributed by atoms with Gasteiger partial charge >= 0.3 is 0 Å². The first-order chi connectivity index (χ1) is 13.5. The van der Waals surface area contributed by atoms with Crippen molar-refractivity contribution in [3.8, 4) is 11.3 Å². The van der Waals surface area contributed by atoms with Gasteiger partial charge in [0.05, 0.1) is 17.1 Å². The van der Waals surface area contributed by atoms with Crippen molar-refractivity contribution in [3.05, 3.63) is 59.5 Å². The molecule has 146 valence electrons. The fraction of sp³-hybridized carbons (Fsp3) is 0.333. The summed E-state index contributed by atoms with van der Waals surface area (Å²) in [5, 5.41) is 8.00. The van der Waals surface area contributed by atoms with Gasteiger partial charge in [-0.15, -0.1) is 0 Å². The first kappa shape index (κ1) is 20.1. The molecule has 7 heteroatoms. The zero-order valence-electron chi connectivity index (χ0n) is 16.5. The summed E-state index contributed by atoms with van der Waals surface area (Å²) in [5.74, 6) is 0.294. The average Bonchev–Trinajstić information content (AvgIpc) is 3.01. The summed E-state index contributed by atoms with van der Waals surface area (Å²) in [7, 11) is 0. The van der Waals surface area contributed by atoms with Crippen LogP contribution in [0.1, 0.15) is 23.5 Å². The predicted molar refractivity (Wildman–Crippen MR) is 112 cm³/mol. The van der Waals surface area contributed by atoms with Crippen molar-refractivity contribution < 1.29 is 4.79 Å². The number of aryl methyl sites for hydroxylation is 4. The Kier molecular flexibility index (Phi) is 6.81. The van der Waals surface area contributed by atoms with Crippen LogP contribution in [-0.4, -0.2) is 38.0 Å². The molecule has 1 amide bonds. The van der Waals surface area contributed by atoms with Crippen molar-refractivity contribution >= 4 is 17.7 Å². The highest BCUT2D eigenvalue weighted by atomic mass is 32.2. The van der Waals surface area contributed by atoms with Gasteiger partial charge in [-0.2, -0.15) is 5.10 Å². The Morgan fingerprint density at radius 2 is 1.86 bits per heavy atom. The largest absolute Gasteiger partial charge is 0.355 e. The van der Waals surface area contributed by atoms with Crippen molar-refractivity contribution in [1.82, 2.24) is 25.1 Å². The predicted octanol–water partition coefficient (Wildman–Crippen LogP) is 3.56. The molecule has 3 aromatic rings. The molecular formula is C21H25N5OS. The van der Waals surface area contributed by atoms with Gasteiger partial charge in [0.2, 0.25) is 5.91 Å². The molecule has 0 aliphatic carbocycles. The van der Waals surface area contributed by atoms with Crippen molar-refractivity contribution in [3.63, 3.8) is 0 Å². The molecule has 0 saturated heterocycles. The van der Waals surface area contributed by atoms with Crippen molar-refractivity contribution in [2.45, 2.75) is 38.9 Å². The minimum atomic E-state index is -0.00950. The molecule has 0 spiro atoms. The minimum absolute atomic E-state index is 0.00950. The van der Waals surface area contributed by atoms with Crippen LogP contribution in [0.3, 0.4) is 0 Å². The SMILES string of the molecule is Cc1cc(-c2ccccc2)nc(SCC(=O)NCCCn2nc(C)cc2C)n1. The van der Waals surface area contributed by atoms with Crippen molar-refractivity contribution in [1.29, 1.82) is 0 Å². The Bertz CT molecular complexity index is 939. The normalized spacial score (nSPS) is 10.8. The van der Waals surface area contributed by atoms with Gasteiger partial charge in [-0.1, -0.05) is 42.1 Å². The molecule has 3 rings (SSSR count). The zero-order valence-corrected chi connectivity index (χ0v) is 17.3. The Labute approximate surface area is 169 Å². The summed E-state index contributed by atoms with van der Waals surface area (Å²) in [6.45, 7) is 7.40. The van der Waals surface area contributed by atoms with Crippen LogP contribution in [0, 0.1) is 20.8 Å². The van der Waals surface area contributed by atoms with E-state index in [1.807, 2.05) is 61.9 Å². The average molecular weight is 396 g/mol. The molecular weight excluding hydrogens is 370 g/mol. The minimum Gasteiger partial charge on any atom is -0.355 e. The molecule has 0 saturated carbocycles. The third kappa shape index (κ3) is 5.66. The molecule has 0 aliphatic heterocycles. The van der Waals surface area contributed by atoms with E-state index in [0.717, 1.165) is 41.3 Å². The van der Waals surface area contributed by atoms with Crippen LogP contribution in [0.25, 0.3) is 11.3 Å². The summed E-state index contributed by atoms with van der Waals surface area (Å²) in [6.07, 6.45) is 0.845. The summed E-state index contributed by atoms with van der Waals surface area (Å²) in [4.78, 5) is 21.2. The number of aromatic nitrogens is 4. The highest BCUT2D eigenvalue weighted by Crippen LogP contribution is 2.21. The number of hydrogen-bond donors (Lipinski definition) is 1. The Morgan fingerprint density at radius 3 is 2.57 bits per heavy atom. The molecule has 0 atom stereocenters. The maximum Gasteiger partial charge on any atom is 0.230 e. The molecule has 1 aromatic carbocycles. The van der Waals surface area contributed by atoms with Gasteiger partial charge < -0.3 is 5.32 Å². The fourth-order valence-corrected chi connectivity index (χ4v) is 3.64. The highest BCUT2D eigenvalue weighted by molar-refractivity contribution is 7.99. The number of rotatable bonds is 8. The Hall–Kier alpha value is -2.67. The van der Waals surface area contributed by atoms with E-state index in [9.17, 15) is 4.79 Å². The number of nitrogens with one attached hydrogen (secondary N) is 1. The zero-order chi connectivity index (χ0) is 19.9. The highest BCUT2D eigenvalue weighted by Gasteiger charge is 2.08. The summed E-state index contributed by atoms with van der Waals surface area (Å²) in [6, 6.07) is 14.0. The van der Waals surface area contributed by atoms with Crippen LogP contribution >= 0.6 is 11.8 Å². The quantitative estimate of drug-likeness (QED) is 0.359. The van der Waals surface area contributed by atoms with Gasteiger partial charge in [-0.05, 0) is 39.3 Å². The van der Waals surface area contributed by atoms with E-state index in [1.165, 1.54) is 11.8 Å². The summed E-state index contributed by atoms with van der Waals surface area (Å²) >= 11 is 1.36. The molecule has 2 heterocycles. The molecule has 0 fully saturated rings. The first-order valence-electron chi connectivity index (χ1n) is 9.33. The molecule has 1 N–H and O–H groups in total. The van der Waals surface area contributed by atoms with E-state index in [0.29, 0.717) is 17.5 Å². The maximum absolute atomic E-state index is 12.1. The van der Waals surface area contributed by atoms with Gasteiger partial charge in [0.25, 0.3) is 0 Å². The van der Waals surface area contributed by atoms with Crippen LogP contribution in [0.2, 0.25) is 0 Å². The number of amides is 1. The van der Waals surface area contributed by atoms with Crippen LogP contribution in [0.4, 0.5) is 0 Å². The fourth-order valence-electron chi connectivity index (χ4n) is 2.90. The second-order valence-electron chi connectivity index (χ2n) is 6.69. The van der Waals surface area contributed by atoms with E-state index < -0.39 is 0 Å². The van der Waals surface area contributed by atoms with E-state index in [2.05, 4.69) is 26.4 Å². The smallest absolute Gasteiger partial charge is 0.230 e. The monoisotopic (exact) mass is 395 g/mol. The summed E-state index contributed by atoms with van der Waals surface area (Å²) in [5.41, 5.74) is 4.97. The second kappa shape index (κ2) is 9.50. The lowest BCUT2D eigenvalue weighted by Gasteiger charge is -2.08. The molecule has 28 heavy (non-hydrogen) atoms. The van der Waals surface area contributed by atoms with E-state index in [4.69, 9.17) is 0 Å². The number of carbonyl (C=O) groups is 1. The van der Waals surface area contributed by atoms with Crippen LogP contribution in [0.5, 0.6) is 0 Å². The summed E-state index contributed by atoms with van der Waals surface area (Å²) < 4.78 is 1.97. The number of carbonyl (C=O) groups excluding carboxylic acids is 1. The third-order valence-electron chi connectivity index (χ3n) is 4.21. The number of nitrogens with zero attached hydrogens (tertiary/aromatic N) is 4.